The maximum Gasteiger partial charge on any atom is 0.257 e. The first-order chi connectivity index (χ1) is 7.54. The molecule has 4 nitrogen and oxygen atoms in total. The molecule has 0 aliphatic heterocycles. The highest BCUT2D eigenvalue weighted by atomic mass is 32.2. The van der Waals surface area contributed by atoms with E-state index in [4.69, 9.17) is 0 Å². The van der Waals surface area contributed by atoms with E-state index in [9.17, 15) is 9.90 Å². The van der Waals surface area contributed by atoms with E-state index >= 15 is 0 Å². The van der Waals surface area contributed by atoms with Gasteiger partial charge < -0.3 is 10.1 Å². The van der Waals surface area contributed by atoms with Gasteiger partial charge in [-0.2, -0.15) is 16.7 Å². The van der Waals surface area contributed by atoms with Crippen molar-refractivity contribution >= 4 is 11.8 Å². The van der Waals surface area contributed by atoms with Crippen molar-refractivity contribution < 1.29 is 5.11 Å². The molecule has 2 N–H and O–H groups in total. The maximum absolute atomic E-state index is 11.6. The molecule has 0 aliphatic rings. The number of aromatic nitrogens is 2. The second kappa shape index (κ2) is 5.94. The Morgan fingerprint density at radius 2 is 2.19 bits per heavy atom. The summed E-state index contributed by atoms with van der Waals surface area (Å²) in [5.41, 5.74) is 0.175. The van der Waals surface area contributed by atoms with Crippen molar-refractivity contribution in [3.8, 4) is 5.88 Å². The van der Waals surface area contributed by atoms with E-state index in [0.29, 0.717) is 28.8 Å². The van der Waals surface area contributed by atoms with Crippen LogP contribution in [-0.4, -0.2) is 20.3 Å². The molecule has 1 heterocycles. The van der Waals surface area contributed by atoms with Gasteiger partial charge in [0, 0.05) is 0 Å². The fraction of sp³-hybridized carbons (Fsp3) is 0.636. The minimum Gasteiger partial charge on any atom is -0.493 e. The van der Waals surface area contributed by atoms with Gasteiger partial charge in [0.1, 0.15) is 5.82 Å². The van der Waals surface area contributed by atoms with Gasteiger partial charge in [-0.3, -0.25) is 4.79 Å². The van der Waals surface area contributed by atoms with Crippen LogP contribution in [0.15, 0.2) is 4.79 Å². The third kappa shape index (κ3) is 3.56. The predicted molar refractivity (Wildman–Crippen MR) is 66.9 cm³/mol. The highest BCUT2D eigenvalue weighted by Gasteiger charge is 2.09. The highest BCUT2D eigenvalue weighted by molar-refractivity contribution is 7.99. The number of nitrogens with zero attached hydrogens (tertiary/aromatic N) is 1. The molecule has 0 atom stereocenters. The molecule has 0 aliphatic carbocycles. The van der Waals surface area contributed by atoms with Crippen molar-refractivity contribution in [3.05, 3.63) is 21.7 Å². The summed E-state index contributed by atoms with van der Waals surface area (Å²) in [6.07, 6.45) is 1.38. The molecule has 0 unspecified atom stereocenters. The second-order valence-electron chi connectivity index (χ2n) is 3.92. The molecular weight excluding hydrogens is 224 g/mol. The van der Waals surface area contributed by atoms with Crippen LogP contribution in [0, 0.1) is 0 Å². The average molecular weight is 242 g/mol. The van der Waals surface area contributed by atoms with Crippen LogP contribution in [0.3, 0.4) is 0 Å². The van der Waals surface area contributed by atoms with E-state index in [2.05, 4.69) is 23.8 Å². The lowest BCUT2D eigenvalue weighted by atomic mass is 10.2. The maximum atomic E-state index is 11.6. The number of nitrogens with one attached hydrogen (secondary N) is 1. The third-order valence-corrected chi connectivity index (χ3v) is 3.20. The monoisotopic (exact) mass is 242 g/mol. The van der Waals surface area contributed by atoms with Crippen LogP contribution >= 0.6 is 11.8 Å². The second-order valence-corrected chi connectivity index (χ2v) is 5.49. The summed E-state index contributed by atoms with van der Waals surface area (Å²) in [7, 11) is 0. The topological polar surface area (TPSA) is 66.0 Å². The molecule has 0 spiro atoms. The normalized spacial score (nSPS) is 11.0. The Morgan fingerprint density at radius 1 is 1.50 bits per heavy atom. The minimum absolute atomic E-state index is 0.120. The Bertz CT molecular complexity index is 401. The van der Waals surface area contributed by atoms with Gasteiger partial charge in [-0.15, -0.1) is 0 Å². The van der Waals surface area contributed by atoms with Crippen LogP contribution in [0.25, 0.3) is 0 Å². The van der Waals surface area contributed by atoms with Crippen molar-refractivity contribution in [2.24, 2.45) is 0 Å². The van der Waals surface area contributed by atoms with Gasteiger partial charge in [0.25, 0.3) is 5.56 Å². The van der Waals surface area contributed by atoms with Crippen molar-refractivity contribution in [2.45, 2.75) is 44.6 Å². The molecule has 0 aromatic carbocycles. The zero-order chi connectivity index (χ0) is 12.1. The minimum atomic E-state index is -0.214. The third-order valence-electron chi connectivity index (χ3n) is 2.10. The SMILES string of the molecule is CCCc1c(O)nc(CSC(C)C)[nH]c1=O. The van der Waals surface area contributed by atoms with Crippen LogP contribution < -0.4 is 5.56 Å². The van der Waals surface area contributed by atoms with E-state index < -0.39 is 0 Å². The van der Waals surface area contributed by atoms with E-state index in [1.807, 2.05) is 6.92 Å². The van der Waals surface area contributed by atoms with Gasteiger partial charge in [-0.25, -0.2) is 0 Å². The molecule has 5 heteroatoms. The van der Waals surface area contributed by atoms with Gasteiger partial charge in [0.05, 0.1) is 11.3 Å². The highest BCUT2D eigenvalue weighted by Crippen LogP contribution is 2.16. The molecule has 1 aromatic rings. The summed E-state index contributed by atoms with van der Waals surface area (Å²) in [5.74, 6) is 1.04. The molecule has 0 fully saturated rings. The summed E-state index contributed by atoms with van der Waals surface area (Å²) < 4.78 is 0. The molecule has 0 saturated carbocycles. The van der Waals surface area contributed by atoms with Crippen LogP contribution in [0.4, 0.5) is 0 Å². The molecule has 0 amide bonds. The largest absolute Gasteiger partial charge is 0.493 e. The first-order valence-corrected chi connectivity index (χ1v) is 6.52. The summed E-state index contributed by atoms with van der Waals surface area (Å²) in [5, 5.41) is 10.1. The lowest BCUT2D eigenvalue weighted by Crippen LogP contribution is -2.16. The predicted octanol–water partition coefficient (Wildman–Crippen LogP) is 2.07. The molecule has 1 aromatic heterocycles. The van der Waals surface area contributed by atoms with Gasteiger partial charge >= 0.3 is 0 Å². The number of rotatable bonds is 5. The summed E-state index contributed by atoms with van der Waals surface area (Å²) >= 11 is 1.68. The molecule has 0 bridgehead atoms. The zero-order valence-corrected chi connectivity index (χ0v) is 10.7. The van der Waals surface area contributed by atoms with E-state index in [1.165, 1.54) is 0 Å². The Labute approximate surface area is 99.5 Å². The molecule has 90 valence electrons. The molecule has 0 saturated heterocycles. The number of aromatic amines is 1. The zero-order valence-electron chi connectivity index (χ0n) is 9.91. The molecular formula is C11H18N2O2S. The van der Waals surface area contributed by atoms with Crippen LogP contribution in [0.2, 0.25) is 0 Å². The van der Waals surface area contributed by atoms with Crippen LogP contribution in [0.5, 0.6) is 5.88 Å². The van der Waals surface area contributed by atoms with E-state index in [1.54, 1.807) is 11.8 Å². The summed E-state index contributed by atoms with van der Waals surface area (Å²) in [6.45, 7) is 6.11. The number of aromatic hydroxyl groups is 1. The van der Waals surface area contributed by atoms with Gasteiger partial charge in [-0.1, -0.05) is 27.2 Å². The van der Waals surface area contributed by atoms with Crippen molar-refractivity contribution in [3.63, 3.8) is 0 Å². The number of H-pyrrole nitrogens is 1. The Hall–Kier alpha value is -0.970. The van der Waals surface area contributed by atoms with Gasteiger partial charge in [0.2, 0.25) is 5.88 Å². The van der Waals surface area contributed by atoms with Crippen LogP contribution in [-0.2, 0) is 12.2 Å². The average Bonchev–Trinajstić information content (AvgIpc) is 2.20. The smallest absolute Gasteiger partial charge is 0.257 e. The molecule has 1 rings (SSSR count). The lowest BCUT2D eigenvalue weighted by Gasteiger charge is -2.06. The van der Waals surface area contributed by atoms with Crippen molar-refractivity contribution in [1.29, 1.82) is 0 Å². The van der Waals surface area contributed by atoms with Crippen LogP contribution in [0.1, 0.15) is 38.6 Å². The first-order valence-electron chi connectivity index (χ1n) is 5.47. The molecule has 16 heavy (non-hydrogen) atoms. The van der Waals surface area contributed by atoms with Crippen molar-refractivity contribution in [2.75, 3.05) is 0 Å². The number of hydrogen-bond acceptors (Lipinski definition) is 4. The number of thioether (sulfide) groups is 1. The summed E-state index contributed by atoms with van der Waals surface area (Å²) in [4.78, 5) is 18.3. The number of hydrogen-bond donors (Lipinski definition) is 2. The fourth-order valence-electron chi connectivity index (χ4n) is 1.32. The quantitative estimate of drug-likeness (QED) is 0.829. The van der Waals surface area contributed by atoms with Crippen molar-refractivity contribution in [1.82, 2.24) is 9.97 Å². The Morgan fingerprint density at radius 3 is 2.69 bits per heavy atom. The Balaban J connectivity index is 2.87. The molecule has 0 radical (unpaired) electrons. The Kier molecular flexibility index (Phi) is 4.86. The first kappa shape index (κ1) is 13.1. The summed E-state index contributed by atoms with van der Waals surface area (Å²) in [6, 6.07) is 0. The van der Waals surface area contributed by atoms with Gasteiger partial charge in [-0.05, 0) is 11.7 Å². The standard InChI is InChI=1S/C11H18N2O2S/c1-4-5-8-10(14)12-9(13-11(8)15)6-16-7(2)3/h7H,4-6H2,1-3H3,(H2,12,13,14,15). The fourth-order valence-corrected chi connectivity index (χ4v) is 1.95. The van der Waals surface area contributed by atoms with E-state index in [0.717, 1.165) is 6.42 Å². The lowest BCUT2D eigenvalue weighted by molar-refractivity contribution is 0.440. The van der Waals surface area contributed by atoms with E-state index in [-0.39, 0.29) is 11.4 Å². The van der Waals surface area contributed by atoms with Gasteiger partial charge in [0.15, 0.2) is 0 Å².